The van der Waals surface area contributed by atoms with Crippen LogP contribution in [-0.4, -0.2) is 30.7 Å². The maximum Gasteiger partial charge on any atom is 0.229 e. The highest BCUT2D eigenvalue weighted by atomic mass is 16.5. The molecule has 0 spiro atoms. The van der Waals surface area contributed by atoms with Gasteiger partial charge >= 0.3 is 0 Å². The van der Waals surface area contributed by atoms with Crippen molar-refractivity contribution in [3.05, 3.63) is 55.1 Å². The fourth-order valence-corrected chi connectivity index (χ4v) is 2.46. The van der Waals surface area contributed by atoms with Crippen molar-refractivity contribution in [2.24, 2.45) is 0 Å². The monoisotopic (exact) mass is 336 g/mol. The van der Waals surface area contributed by atoms with Crippen LogP contribution in [0.2, 0.25) is 0 Å². The van der Waals surface area contributed by atoms with E-state index in [1.807, 2.05) is 36.4 Å². The molecule has 2 N–H and O–H groups in total. The maximum atomic E-state index is 5.42. The summed E-state index contributed by atoms with van der Waals surface area (Å²) in [5.74, 6) is 2.60. The number of aromatic nitrogens is 2. The average molecular weight is 336 g/mol. The molecule has 0 saturated heterocycles. The number of benzene rings is 2. The van der Waals surface area contributed by atoms with Gasteiger partial charge in [0.05, 0.1) is 25.4 Å². The molecular weight excluding hydrogens is 316 g/mol. The summed E-state index contributed by atoms with van der Waals surface area (Å²) in [6, 6.07) is 13.4. The molecule has 6 heteroatoms. The Morgan fingerprint density at radius 3 is 2.68 bits per heavy atom. The lowest BCUT2D eigenvalue weighted by Gasteiger charge is -2.13. The Balaban J connectivity index is 2.00. The van der Waals surface area contributed by atoms with E-state index in [-0.39, 0.29) is 0 Å². The summed E-state index contributed by atoms with van der Waals surface area (Å²) in [6.45, 7) is 4.35. The highest BCUT2D eigenvalue weighted by Gasteiger charge is 2.10. The van der Waals surface area contributed by atoms with E-state index in [4.69, 9.17) is 9.47 Å². The number of hydrogen-bond donors (Lipinski definition) is 2. The summed E-state index contributed by atoms with van der Waals surface area (Å²) >= 11 is 0. The first-order valence-corrected chi connectivity index (χ1v) is 7.85. The van der Waals surface area contributed by atoms with E-state index >= 15 is 0 Å². The van der Waals surface area contributed by atoms with E-state index in [0.29, 0.717) is 18.2 Å². The summed E-state index contributed by atoms with van der Waals surface area (Å²) in [4.78, 5) is 9.17. The van der Waals surface area contributed by atoms with Crippen LogP contribution in [0.15, 0.2) is 55.1 Å². The zero-order valence-corrected chi connectivity index (χ0v) is 14.2. The number of methoxy groups -OCH3 is 2. The second kappa shape index (κ2) is 7.53. The number of hydrogen-bond acceptors (Lipinski definition) is 6. The topological polar surface area (TPSA) is 68.3 Å². The predicted octanol–water partition coefficient (Wildman–Crippen LogP) is 3.99. The molecular formula is C19H20N4O2. The van der Waals surface area contributed by atoms with Gasteiger partial charge in [0.1, 0.15) is 17.3 Å². The second-order valence-corrected chi connectivity index (χ2v) is 5.27. The lowest BCUT2D eigenvalue weighted by Crippen LogP contribution is -2.06. The maximum absolute atomic E-state index is 5.42. The predicted molar refractivity (Wildman–Crippen MR) is 101 cm³/mol. The molecule has 0 amide bonds. The van der Waals surface area contributed by atoms with Crippen LogP contribution in [0, 0.1) is 0 Å². The van der Waals surface area contributed by atoms with Crippen molar-refractivity contribution in [1.82, 2.24) is 9.97 Å². The molecule has 0 radical (unpaired) electrons. The summed E-state index contributed by atoms with van der Waals surface area (Å²) in [5, 5.41) is 7.42. The fourth-order valence-electron chi connectivity index (χ4n) is 2.46. The largest absolute Gasteiger partial charge is 0.497 e. The minimum Gasteiger partial charge on any atom is -0.497 e. The van der Waals surface area contributed by atoms with E-state index in [1.165, 1.54) is 0 Å². The summed E-state index contributed by atoms with van der Waals surface area (Å²) in [5.41, 5.74) is 1.60. The van der Waals surface area contributed by atoms with E-state index in [2.05, 4.69) is 27.2 Å². The van der Waals surface area contributed by atoms with Crippen LogP contribution in [0.5, 0.6) is 11.5 Å². The van der Waals surface area contributed by atoms with Crippen molar-refractivity contribution in [3.8, 4) is 11.5 Å². The van der Waals surface area contributed by atoms with Crippen molar-refractivity contribution in [1.29, 1.82) is 0 Å². The van der Waals surface area contributed by atoms with Gasteiger partial charge in [0, 0.05) is 18.0 Å². The quantitative estimate of drug-likeness (QED) is 0.636. The Labute approximate surface area is 146 Å². The molecule has 0 atom stereocenters. The Morgan fingerprint density at radius 2 is 1.92 bits per heavy atom. The molecule has 1 aromatic heterocycles. The van der Waals surface area contributed by atoms with Gasteiger partial charge < -0.3 is 20.1 Å². The number of ether oxygens (including phenoxy) is 2. The standard InChI is InChI=1S/C19H20N4O2/c1-4-11-20-18-14-7-5-6-8-15(14)21-19(23-18)22-16-10-9-13(24-2)12-17(16)25-3/h4-10,12H,1,11H2,2-3H3,(H2,20,21,22,23). The number of fused-ring (bicyclic) bond motifs is 1. The highest BCUT2D eigenvalue weighted by Crippen LogP contribution is 2.31. The molecule has 25 heavy (non-hydrogen) atoms. The molecule has 1 heterocycles. The van der Waals surface area contributed by atoms with Crippen molar-refractivity contribution < 1.29 is 9.47 Å². The number of para-hydroxylation sites is 1. The zero-order chi connectivity index (χ0) is 17.6. The normalized spacial score (nSPS) is 10.3. The molecule has 2 aromatic carbocycles. The second-order valence-electron chi connectivity index (χ2n) is 5.27. The molecule has 0 fully saturated rings. The van der Waals surface area contributed by atoms with E-state index < -0.39 is 0 Å². The van der Waals surface area contributed by atoms with Crippen LogP contribution in [0.1, 0.15) is 0 Å². The van der Waals surface area contributed by atoms with Gasteiger partial charge in [-0.3, -0.25) is 0 Å². The molecule has 0 aliphatic carbocycles. The number of nitrogens with zero attached hydrogens (tertiary/aromatic N) is 2. The number of nitrogens with one attached hydrogen (secondary N) is 2. The van der Waals surface area contributed by atoms with Crippen LogP contribution in [0.4, 0.5) is 17.5 Å². The van der Waals surface area contributed by atoms with E-state index in [9.17, 15) is 0 Å². The SMILES string of the molecule is C=CCNc1nc(Nc2ccc(OC)cc2OC)nc2ccccc12. The van der Waals surface area contributed by atoms with Gasteiger partial charge in [-0.05, 0) is 24.3 Å². The molecule has 0 aliphatic rings. The number of rotatable bonds is 7. The Kier molecular flexibility index (Phi) is 4.99. The molecule has 6 nitrogen and oxygen atoms in total. The summed E-state index contributed by atoms with van der Waals surface area (Å²) < 4.78 is 10.6. The Hall–Kier alpha value is -3.28. The van der Waals surface area contributed by atoms with Crippen LogP contribution in [0.3, 0.4) is 0 Å². The van der Waals surface area contributed by atoms with Gasteiger partial charge in [-0.1, -0.05) is 18.2 Å². The molecule has 0 bridgehead atoms. The van der Waals surface area contributed by atoms with Crippen LogP contribution in [0.25, 0.3) is 10.9 Å². The first kappa shape index (κ1) is 16.6. The van der Waals surface area contributed by atoms with Gasteiger partial charge in [-0.25, -0.2) is 4.98 Å². The van der Waals surface area contributed by atoms with Gasteiger partial charge in [0.25, 0.3) is 0 Å². The lowest BCUT2D eigenvalue weighted by molar-refractivity contribution is 0.395. The lowest BCUT2D eigenvalue weighted by atomic mass is 10.2. The zero-order valence-electron chi connectivity index (χ0n) is 14.2. The molecule has 3 rings (SSSR count). The van der Waals surface area contributed by atoms with Crippen molar-refractivity contribution in [2.75, 3.05) is 31.4 Å². The molecule has 0 aliphatic heterocycles. The number of anilines is 3. The minimum atomic E-state index is 0.480. The summed E-state index contributed by atoms with van der Waals surface area (Å²) in [7, 11) is 3.23. The first-order chi connectivity index (χ1) is 12.2. The van der Waals surface area contributed by atoms with Gasteiger partial charge in [0.15, 0.2) is 0 Å². The third-order valence-corrected chi connectivity index (χ3v) is 3.67. The van der Waals surface area contributed by atoms with Gasteiger partial charge in [-0.15, -0.1) is 6.58 Å². The Morgan fingerprint density at radius 1 is 1.08 bits per heavy atom. The third kappa shape index (κ3) is 3.63. The van der Waals surface area contributed by atoms with Crippen LogP contribution >= 0.6 is 0 Å². The first-order valence-electron chi connectivity index (χ1n) is 7.85. The van der Waals surface area contributed by atoms with Crippen LogP contribution < -0.4 is 20.1 Å². The minimum absolute atomic E-state index is 0.480. The third-order valence-electron chi connectivity index (χ3n) is 3.67. The molecule has 0 unspecified atom stereocenters. The van der Waals surface area contributed by atoms with Crippen LogP contribution in [-0.2, 0) is 0 Å². The Bertz CT molecular complexity index is 896. The van der Waals surface area contributed by atoms with Gasteiger partial charge in [-0.2, -0.15) is 4.98 Å². The fraction of sp³-hybridized carbons (Fsp3) is 0.158. The molecule has 128 valence electrons. The highest BCUT2D eigenvalue weighted by molar-refractivity contribution is 5.90. The van der Waals surface area contributed by atoms with E-state index in [1.54, 1.807) is 26.4 Å². The summed E-state index contributed by atoms with van der Waals surface area (Å²) in [6.07, 6.45) is 1.79. The molecule has 0 saturated carbocycles. The van der Waals surface area contributed by atoms with E-state index in [0.717, 1.165) is 28.2 Å². The molecule has 3 aromatic rings. The van der Waals surface area contributed by atoms with Gasteiger partial charge in [0.2, 0.25) is 5.95 Å². The average Bonchev–Trinajstić information content (AvgIpc) is 2.66. The van der Waals surface area contributed by atoms with Crippen molar-refractivity contribution >= 4 is 28.4 Å². The van der Waals surface area contributed by atoms with Crippen molar-refractivity contribution in [2.45, 2.75) is 0 Å². The smallest absolute Gasteiger partial charge is 0.229 e. The van der Waals surface area contributed by atoms with Crippen molar-refractivity contribution in [3.63, 3.8) is 0 Å².